The first-order valence-electron chi connectivity index (χ1n) is 8.86. The lowest BCUT2D eigenvalue weighted by Gasteiger charge is -2.23. The maximum absolute atomic E-state index is 13.6. The highest BCUT2D eigenvalue weighted by atomic mass is 32.1. The molecule has 0 bridgehead atoms. The second-order valence-electron chi connectivity index (χ2n) is 6.55. The number of halogens is 1. The Hall–Kier alpha value is -3.12. The van der Waals surface area contributed by atoms with Crippen LogP contribution >= 0.6 is 11.3 Å². The summed E-state index contributed by atoms with van der Waals surface area (Å²) in [5.74, 6) is -0.509. The zero-order valence-corrected chi connectivity index (χ0v) is 16.3. The summed E-state index contributed by atoms with van der Waals surface area (Å²) >= 11 is 1.54. The lowest BCUT2D eigenvalue weighted by Crippen LogP contribution is -2.31. The van der Waals surface area contributed by atoms with Crippen LogP contribution in [-0.4, -0.2) is 15.9 Å². The summed E-state index contributed by atoms with van der Waals surface area (Å²) in [7, 11) is 0. The number of aromatic nitrogens is 2. The normalized spacial score (nSPS) is 11.0. The van der Waals surface area contributed by atoms with Crippen LogP contribution in [0, 0.1) is 19.7 Å². The molecular formula is C22H18FN3OS. The van der Waals surface area contributed by atoms with E-state index in [1.807, 2.05) is 43.5 Å². The first kappa shape index (κ1) is 18.3. The number of benzene rings is 2. The second kappa shape index (κ2) is 7.48. The number of amides is 1. The van der Waals surface area contributed by atoms with Gasteiger partial charge in [0.25, 0.3) is 5.91 Å². The van der Waals surface area contributed by atoms with Crippen molar-refractivity contribution in [3.63, 3.8) is 0 Å². The largest absolute Gasteiger partial charge is 0.302 e. The van der Waals surface area contributed by atoms with Crippen molar-refractivity contribution in [3.05, 3.63) is 87.8 Å². The van der Waals surface area contributed by atoms with Crippen LogP contribution in [0.5, 0.6) is 0 Å². The third-order valence-electron chi connectivity index (χ3n) is 4.44. The molecule has 2 aromatic carbocycles. The molecular weight excluding hydrogens is 373 g/mol. The van der Waals surface area contributed by atoms with Crippen LogP contribution in [0.2, 0.25) is 0 Å². The summed E-state index contributed by atoms with van der Waals surface area (Å²) < 4.78 is 13.4. The minimum atomic E-state index is -0.342. The molecule has 0 aliphatic heterocycles. The van der Waals surface area contributed by atoms with E-state index < -0.39 is 0 Å². The van der Waals surface area contributed by atoms with Gasteiger partial charge in [-0.25, -0.2) is 9.37 Å². The van der Waals surface area contributed by atoms with E-state index in [2.05, 4.69) is 9.97 Å². The van der Waals surface area contributed by atoms with E-state index in [1.165, 1.54) is 23.5 Å². The molecule has 0 fully saturated rings. The Labute approximate surface area is 166 Å². The molecule has 2 heterocycles. The lowest BCUT2D eigenvalue weighted by atomic mass is 10.1. The summed E-state index contributed by atoms with van der Waals surface area (Å²) in [6.07, 6.45) is 0. The molecule has 0 unspecified atom stereocenters. The molecule has 4 aromatic rings. The van der Waals surface area contributed by atoms with Crippen molar-refractivity contribution in [2.75, 3.05) is 4.90 Å². The Morgan fingerprint density at radius 1 is 1.07 bits per heavy atom. The van der Waals surface area contributed by atoms with E-state index in [4.69, 9.17) is 0 Å². The van der Waals surface area contributed by atoms with Gasteiger partial charge in [-0.15, -0.1) is 11.3 Å². The summed E-state index contributed by atoms with van der Waals surface area (Å²) in [5, 5.41) is 3.67. The van der Waals surface area contributed by atoms with E-state index in [1.54, 1.807) is 23.1 Å². The van der Waals surface area contributed by atoms with Gasteiger partial charge in [0.2, 0.25) is 0 Å². The topological polar surface area (TPSA) is 46.1 Å². The van der Waals surface area contributed by atoms with Crippen LogP contribution < -0.4 is 4.90 Å². The van der Waals surface area contributed by atoms with Crippen molar-refractivity contribution in [2.45, 2.75) is 20.4 Å². The van der Waals surface area contributed by atoms with Gasteiger partial charge < -0.3 is 4.90 Å². The number of hydrogen-bond donors (Lipinski definition) is 0. The van der Waals surface area contributed by atoms with E-state index in [-0.39, 0.29) is 11.7 Å². The average molecular weight is 391 g/mol. The van der Waals surface area contributed by atoms with Crippen molar-refractivity contribution < 1.29 is 9.18 Å². The third kappa shape index (κ3) is 3.64. The third-order valence-corrected chi connectivity index (χ3v) is 5.27. The Kier molecular flexibility index (Phi) is 4.88. The molecule has 4 rings (SSSR count). The highest BCUT2D eigenvalue weighted by Crippen LogP contribution is 2.25. The summed E-state index contributed by atoms with van der Waals surface area (Å²) in [6.45, 7) is 4.11. The minimum Gasteiger partial charge on any atom is -0.302 e. The zero-order chi connectivity index (χ0) is 19.7. The number of carbonyl (C=O) groups is 1. The first-order valence-corrected chi connectivity index (χ1v) is 9.74. The van der Waals surface area contributed by atoms with Crippen LogP contribution in [0.15, 0.2) is 60.0 Å². The van der Waals surface area contributed by atoms with E-state index >= 15 is 0 Å². The monoisotopic (exact) mass is 391 g/mol. The smallest absolute Gasteiger partial charge is 0.259 e. The van der Waals surface area contributed by atoms with Gasteiger partial charge in [0.1, 0.15) is 5.82 Å². The Morgan fingerprint density at radius 2 is 1.82 bits per heavy atom. The summed E-state index contributed by atoms with van der Waals surface area (Å²) in [5.41, 5.74) is 3.53. The quantitative estimate of drug-likeness (QED) is 0.475. The molecule has 0 saturated heterocycles. The molecule has 4 nitrogen and oxygen atoms in total. The molecule has 0 N–H and O–H groups in total. The number of fused-ring (bicyclic) bond motifs is 1. The van der Waals surface area contributed by atoms with Gasteiger partial charge in [-0.2, -0.15) is 0 Å². The van der Waals surface area contributed by atoms with Crippen LogP contribution in [0.1, 0.15) is 26.8 Å². The highest BCUT2D eigenvalue weighted by Gasteiger charge is 2.22. The molecule has 0 aliphatic carbocycles. The number of carbonyl (C=O) groups excluding carboxylic acids is 1. The minimum absolute atomic E-state index is 0.168. The fourth-order valence-electron chi connectivity index (χ4n) is 3.17. The van der Waals surface area contributed by atoms with Crippen LogP contribution in [0.4, 0.5) is 10.1 Å². The Balaban J connectivity index is 1.82. The van der Waals surface area contributed by atoms with E-state index in [0.717, 1.165) is 27.3 Å². The van der Waals surface area contributed by atoms with Crippen LogP contribution in [0.3, 0.4) is 0 Å². The fraction of sp³-hybridized carbons (Fsp3) is 0.136. The van der Waals surface area contributed by atoms with Gasteiger partial charge in [-0.1, -0.05) is 18.2 Å². The van der Waals surface area contributed by atoms with E-state index in [0.29, 0.717) is 17.8 Å². The first-order chi connectivity index (χ1) is 13.5. The molecule has 2 aromatic heterocycles. The number of para-hydroxylation sites is 1. The average Bonchev–Trinajstić information content (AvgIpc) is 3.10. The molecule has 6 heteroatoms. The molecule has 0 spiro atoms. The van der Waals surface area contributed by atoms with Gasteiger partial charge in [0, 0.05) is 22.1 Å². The Morgan fingerprint density at radius 3 is 2.54 bits per heavy atom. The number of thiazole rings is 1. The van der Waals surface area contributed by atoms with Crippen LogP contribution in [-0.2, 0) is 6.54 Å². The zero-order valence-electron chi connectivity index (χ0n) is 15.5. The molecule has 1 amide bonds. The van der Waals surface area contributed by atoms with Gasteiger partial charge in [-0.05, 0) is 50.2 Å². The van der Waals surface area contributed by atoms with Crippen molar-refractivity contribution in [1.82, 2.24) is 9.97 Å². The van der Waals surface area contributed by atoms with Gasteiger partial charge in [0.15, 0.2) is 0 Å². The van der Waals surface area contributed by atoms with Crippen molar-refractivity contribution in [2.24, 2.45) is 0 Å². The van der Waals surface area contributed by atoms with Crippen LogP contribution in [0.25, 0.3) is 10.9 Å². The fourth-order valence-corrected chi connectivity index (χ4v) is 3.78. The molecule has 0 aliphatic rings. The number of rotatable bonds is 4. The number of aryl methyl sites for hydroxylation is 2. The van der Waals surface area contributed by atoms with Gasteiger partial charge in [-0.3, -0.25) is 9.78 Å². The van der Waals surface area contributed by atoms with E-state index in [9.17, 15) is 9.18 Å². The standard InChI is InChI=1S/C22H18FN3OS/c1-14-11-20(19-5-3-4-6-21(19)24-14)22(27)26(12-17-13-28-15(2)25-17)18-9-7-16(23)8-10-18/h3-11,13H,12H2,1-2H3. The molecule has 140 valence electrons. The lowest BCUT2D eigenvalue weighted by molar-refractivity contribution is 0.0986. The second-order valence-corrected chi connectivity index (χ2v) is 7.62. The number of anilines is 1. The van der Waals surface area contributed by atoms with Gasteiger partial charge in [0.05, 0.1) is 28.3 Å². The molecule has 28 heavy (non-hydrogen) atoms. The Bertz CT molecular complexity index is 1150. The predicted octanol–water partition coefficient (Wildman–Crippen LogP) is 5.29. The molecule has 0 radical (unpaired) electrons. The highest BCUT2D eigenvalue weighted by molar-refractivity contribution is 7.09. The molecule has 0 saturated carbocycles. The predicted molar refractivity (Wildman–Crippen MR) is 110 cm³/mol. The SMILES string of the molecule is Cc1cc(C(=O)N(Cc2csc(C)n2)c2ccc(F)cc2)c2ccccc2n1. The number of hydrogen-bond acceptors (Lipinski definition) is 4. The maximum atomic E-state index is 13.6. The number of pyridine rings is 1. The van der Waals surface area contributed by atoms with Gasteiger partial charge >= 0.3 is 0 Å². The number of nitrogens with zero attached hydrogens (tertiary/aromatic N) is 3. The van der Waals surface area contributed by atoms with Crippen molar-refractivity contribution in [1.29, 1.82) is 0 Å². The molecule has 0 atom stereocenters. The summed E-state index contributed by atoms with van der Waals surface area (Å²) in [4.78, 5) is 24.2. The maximum Gasteiger partial charge on any atom is 0.259 e. The van der Waals surface area contributed by atoms with Crippen molar-refractivity contribution >= 4 is 33.8 Å². The summed E-state index contributed by atoms with van der Waals surface area (Å²) in [6, 6.07) is 15.3. The van der Waals surface area contributed by atoms with Crippen molar-refractivity contribution in [3.8, 4) is 0 Å².